The third kappa shape index (κ3) is 6.06. The summed E-state index contributed by atoms with van der Waals surface area (Å²) in [4.78, 5) is 4.87. The molecule has 0 aliphatic carbocycles. The van der Waals surface area contributed by atoms with Gasteiger partial charge in [-0.2, -0.15) is 5.10 Å². The second-order valence-corrected chi connectivity index (χ2v) is 13.0. The van der Waals surface area contributed by atoms with Gasteiger partial charge in [0.05, 0.1) is 22.4 Å². The van der Waals surface area contributed by atoms with Gasteiger partial charge in [0.2, 0.25) is 0 Å². The molecule has 0 saturated heterocycles. The zero-order valence-electron chi connectivity index (χ0n) is 28.0. The number of aryl methyl sites for hydroxylation is 2. The first-order chi connectivity index (χ1) is 22.9. The van der Waals surface area contributed by atoms with E-state index in [1.807, 2.05) is 29.1 Å². The highest BCUT2D eigenvalue weighted by Gasteiger charge is 2.17. The van der Waals surface area contributed by atoms with Crippen molar-refractivity contribution in [1.29, 1.82) is 0 Å². The van der Waals surface area contributed by atoms with Gasteiger partial charge in [-0.05, 0) is 104 Å². The van der Waals surface area contributed by atoms with Crippen molar-refractivity contribution in [3.63, 3.8) is 0 Å². The van der Waals surface area contributed by atoms with Gasteiger partial charge in [-0.25, -0.2) is 9.67 Å². The molecule has 5 heteroatoms. The monoisotopic (exact) mass is 618 g/mol. The molecule has 5 nitrogen and oxygen atoms in total. The Balaban J connectivity index is 1.29. The number of fused-ring (bicyclic) bond motifs is 3. The van der Waals surface area contributed by atoms with Crippen LogP contribution in [0.15, 0.2) is 109 Å². The lowest BCUT2D eigenvalue weighted by atomic mass is 10.0. The van der Waals surface area contributed by atoms with Crippen molar-refractivity contribution >= 4 is 21.8 Å². The maximum absolute atomic E-state index is 6.58. The third-order valence-electron chi connectivity index (χ3n) is 8.96. The lowest BCUT2D eigenvalue weighted by Crippen LogP contribution is -2.01. The van der Waals surface area contributed by atoms with Crippen molar-refractivity contribution < 1.29 is 4.74 Å². The van der Waals surface area contributed by atoms with Gasteiger partial charge in [0.25, 0.3) is 0 Å². The summed E-state index contributed by atoms with van der Waals surface area (Å²) in [6.07, 6.45) is 6.41. The Morgan fingerprint density at radius 2 is 1.57 bits per heavy atom. The van der Waals surface area contributed by atoms with Crippen molar-refractivity contribution in [2.45, 2.75) is 60.3 Å². The molecule has 4 aromatic carbocycles. The van der Waals surface area contributed by atoms with E-state index in [0.29, 0.717) is 5.92 Å². The molecular weight excluding hydrogens is 576 g/mol. The molecule has 7 rings (SSSR count). The summed E-state index contributed by atoms with van der Waals surface area (Å²) in [6.45, 7) is 11.0. The largest absolute Gasteiger partial charge is 0.457 e. The van der Waals surface area contributed by atoms with E-state index in [1.165, 1.54) is 45.9 Å². The van der Waals surface area contributed by atoms with Gasteiger partial charge in [-0.15, -0.1) is 0 Å². The van der Waals surface area contributed by atoms with Crippen LogP contribution in [0.3, 0.4) is 0 Å². The van der Waals surface area contributed by atoms with Gasteiger partial charge < -0.3 is 4.74 Å². The van der Waals surface area contributed by atoms with Gasteiger partial charge in [0.1, 0.15) is 17.3 Å². The Morgan fingerprint density at radius 1 is 0.745 bits per heavy atom. The second kappa shape index (κ2) is 12.9. The van der Waals surface area contributed by atoms with Crippen LogP contribution in [0.25, 0.3) is 44.4 Å². The predicted octanol–water partition coefficient (Wildman–Crippen LogP) is 11.0. The zero-order chi connectivity index (χ0) is 32.5. The molecule has 0 atom stereocenters. The van der Waals surface area contributed by atoms with Crippen molar-refractivity contribution in [2.75, 3.05) is 0 Å². The number of ether oxygens (including phenoxy) is 1. The Hall–Kier alpha value is -5.16. The molecular formula is C42H42N4O. The molecule has 0 saturated carbocycles. The number of rotatable bonds is 10. The van der Waals surface area contributed by atoms with E-state index in [4.69, 9.17) is 14.8 Å². The predicted molar refractivity (Wildman–Crippen MR) is 194 cm³/mol. The van der Waals surface area contributed by atoms with E-state index >= 15 is 0 Å². The molecule has 0 aliphatic rings. The van der Waals surface area contributed by atoms with Gasteiger partial charge in [0, 0.05) is 40.4 Å². The summed E-state index contributed by atoms with van der Waals surface area (Å²) in [7, 11) is 0. The number of hydrogen-bond acceptors (Lipinski definition) is 3. The average molecular weight is 619 g/mol. The fourth-order valence-corrected chi connectivity index (χ4v) is 6.81. The van der Waals surface area contributed by atoms with Crippen LogP contribution in [0.2, 0.25) is 0 Å². The van der Waals surface area contributed by atoms with Crippen molar-refractivity contribution in [2.24, 2.45) is 5.92 Å². The molecule has 47 heavy (non-hydrogen) atoms. The maximum atomic E-state index is 6.58. The van der Waals surface area contributed by atoms with Crippen LogP contribution >= 0.6 is 0 Å². The minimum absolute atomic E-state index is 0.569. The van der Waals surface area contributed by atoms with Crippen LogP contribution in [0.5, 0.6) is 11.5 Å². The van der Waals surface area contributed by atoms with Crippen LogP contribution in [-0.2, 0) is 12.8 Å². The first-order valence-electron chi connectivity index (χ1n) is 16.8. The highest BCUT2D eigenvalue weighted by molar-refractivity contribution is 6.09. The van der Waals surface area contributed by atoms with Gasteiger partial charge in [-0.3, -0.25) is 4.57 Å². The van der Waals surface area contributed by atoms with Gasteiger partial charge in [0.15, 0.2) is 0 Å². The Kier molecular flexibility index (Phi) is 8.38. The summed E-state index contributed by atoms with van der Waals surface area (Å²) in [5, 5.41) is 7.36. The van der Waals surface area contributed by atoms with Gasteiger partial charge >= 0.3 is 0 Å². The number of hydrogen-bond donors (Lipinski definition) is 0. The molecule has 0 radical (unpaired) electrons. The highest BCUT2D eigenvalue weighted by atomic mass is 16.5. The molecule has 236 valence electrons. The molecule has 7 aromatic rings. The van der Waals surface area contributed by atoms with Crippen molar-refractivity contribution in [3.8, 4) is 34.1 Å². The topological polar surface area (TPSA) is 44.9 Å². The molecule has 0 amide bonds. The van der Waals surface area contributed by atoms with E-state index in [1.54, 1.807) is 0 Å². The minimum atomic E-state index is 0.569. The normalized spacial score (nSPS) is 11.6. The second-order valence-electron chi connectivity index (χ2n) is 13.0. The van der Waals surface area contributed by atoms with E-state index in [-0.39, 0.29) is 0 Å². The molecule has 3 aromatic heterocycles. The fourth-order valence-electron chi connectivity index (χ4n) is 6.81. The van der Waals surface area contributed by atoms with Crippen LogP contribution in [0.1, 0.15) is 56.1 Å². The summed E-state index contributed by atoms with van der Waals surface area (Å²) < 4.78 is 10.9. The van der Waals surface area contributed by atoms with Crippen molar-refractivity contribution in [3.05, 3.63) is 132 Å². The summed E-state index contributed by atoms with van der Waals surface area (Å²) in [5.74, 6) is 3.04. The Labute approximate surface area is 277 Å². The van der Waals surface area contributed by atoms with E-state index in [9.17, 15) is 0 Å². The molecule has 0 fully saturated rings. The van der Waals surface area contributed by atoms with Gasteiger partial charge in [-0.1, -0.05) is 69.7 Å². The van der Waals surface area contributed by atoms with E-state index in [0.717, 1.165) is 58.3 Å². The Bertz CT molecular complexity index is 2190. The first-order valence-corrected chi connectivity index (χ1v) is 16.8. The van der Waals surface area contributed by atoms with Crippen molar-refractivity contribution in [1.82, 2.24) is 19.3 Å². The van der Waals surface area contributed by atoms with E-state index < -0.39 is 0 Å². The molecule has 0 spiro atoms. The smallest absolute Gasteiger partial charge is 0.137 e. The number of pyridine rings is 1. The third-order valence-corrected chi connectivity index (χ3v) is 8.96. The molecule has 3 heterocycles. The minimum Gasteiger partial charge on any atom is -0.457 e. The number of benzene rings is 4. The molecule has 0 unspecified atom stereocenters. The number of aromatic nitrogens is 4. The summed E-state index contributed by atoms with van der Waals surface area (Å²) in [6, 6.07) is 36.3. The SMILES string of the molecule is CCCCc1ccc2c(c1)c1ccc(Oc3cccc(-n4nc(C)c(-c5ccccc5)c4C)c3)cc1n2-c1cc(CC(C)C)ccn1. The molecule has 0 aliphatic heterocycles. The summed E-state index contributed by atoms with van der Waals surface area (Å²) in [5.41, 5.74) is 10.3. The first kappa shape index (κ1) is 30.5. The van der Waals surface area contributed by atoms with Crippen LogP contribution in [0, 0.1) is 19.8 Å². The number of unbranched alkanes of at least 4 members (excludes halogenated alkanes) is 1. The van der Waals surface area contributed by atoms with Crippen LogP contribution < -0.4 is 4.74 Å². The van der Waals surface area contributed by atoms with Crippen LogP contribution in [-0.4, -0.2) is 19.3 Å². The van der Waals surface area contributed by atoms with Crippen LogP contribution in [0.4, 0.5) is 0 Å². The molecule has 0 bridgehead atoms. The lowest BCUT2D eigenvalue weighted by molar-refractivity contribution is 0.483. The Morgan fingerprint density at radius 3 is 2.38 bits per heavy atom. The zero-order valence-corrected chi connectivity index (χ0v) is 28.0. The average Bonchev–Trinajstić information content (AvgIpc) is 3.56. The lowest BCUT2D eigenvalue weighted by Gasteiger charge is -2.12. The molecule has 0 N–H and O–H groups in total. The summed E-state index contributed by atoms with van der Waals surface area (Å²) >= 11 is 0. The van der Waals surface area contributed by atoms with E-state index in [2.05, 4.69) is 124 Å². The highest BCUT2D eigenvalue weighted by Crippen LogP contribution is 2.36. The maximum Gasteiger partial charge on any atom is 0.137 e. The quantitative estimate of drug-likeness (QED) is 0.153. The fraction of sp³-hybridized carbons (Fsp3) is 0.238. The standard InChI is InChI=1S/C42H42N4O/c1-6-7-12-31-17-20-39-38(24-31)37-19-18-36(27-40(37)45(39)41-25-32(21-22-43-41)23-28(2)3)47-35-16-11-15-34(26-35)46-30(5)42(29(4)44-46)33-13-9-8-10-14-33/h8-11,13-22,24-28H,6-7,12,23H2,1-5H3. The number of nitrogens with zero attached hydrogens (tertiary/aromatic N) is 4.